The molecule has 1 N–H and O–H groups in total. The number of benzene rings is 1. The number of aromatic nitrogens is 1. The van der Waals surface area contributed by atoms with E-state index in [1.165, 1.54) is 45.0 Å². The second-order valence-corrected chi connectivity index (χ2v) is 5.53. The fourth-order valence-electron chi connectivity index (χ4n) is 2.89. The molecule has 2 aliphatic heterocycles. The summed E-state index contributed by atoms with van der Waals surface area (Å²) in [5.41, 5.74) is -0.172. The molecule has 21 heavy (non-hydrogen) atoms. The molecule has 110 valence electrons. The predicted octanol–water partition coefficient (Wildman–Crippen LogP) is 1.83. The molecule has 1 aromatic carbocycles. The number of carbonyl (C=O) groups is 1. The summed E-state index contributed by atoms with van der Waals surface area (Å²) in [6.45, 7) is 4.10. The van der Waals surface area contributed by atoms with Crippen molar-refractivity contribution in [3.8, 4) is 5.75 Å². The average molecular weight is 286 g/mol. The Balaban J connectivity index is 0.000000180. The fourth-order valence-corrected chi connectivity index (χ4v) is 2.89. The van der Waals surface area contributed by atoms with Gasteiger partial charge in [0.1, 0.15) is 11.3 Å². The van der Waals surface area contributed by atoms with Crippen molar-refractivity contribution in [2.75, 3.05) is 13.1 Å². The number of fused-ring (bicyclic) bond motifs is 2. The maximum Gasteiger partial charge on any atom is 0.257 e. The van der Waals surface area contributed by atoms with Crippen LogP contribution in [0.5, 0.6) is 5.75 Å². The van der Waals surface area contributed by atoms with Crippen LogP contribution in [0, 0.1) is 0 Å². The summed E-state index contributed by atoms with van der Waals surface area (Å²) in [5, 5.41) is 10.3. The molecule has 0 bridgehead atoms. The second kappa shape index (κ2) is 5.33. The first-order chi connectivity index (χ1) is 10.1. The first-order valence-electron chi connectivity index (χ1n) is 7.16. The largest absolute Gasteiger partial charge is 0.506 e. The van der Waals surface area contributed by atoms with Crippen molar-refractivity contribution >= 4 is 16.8 Å². The summed E-state index contributed by atoms with van der Waals surface area (Å²) in [7, 11) is 0. The van der Waals surface area contributed by atoms with E-state index in [1.807, 2.05) is 0 Å². The van der Waals surface area contributed by atoms with Gasteiger partial charge in [-0.05, 0) is 31.5 Å². The van der Waals surface area contributed by atoms with E-state index in [9.17, 15) is 14.7 Å². The third-order valence-electron chi connectivity index (χ3n) is 4.02. The lowest BCUT2D eigenvalue weighted by Gasteiger charge is -2.07. The van der Waals surface area contributed by atoms with Crippen molar-refractivity contribution in [1.29, 1.82) is 0 Å². The zero-order chi connectivity index (χ0) is 15.0. The Morgan fingerprint density at radius 3 is 2.62 bits per heavy atom. The van der Waals surface area contributed by atoms with Crippen LogP contribution in [0.25, 0.3) is 10.9 Å². The SMILES string of the molecule is C1CC2CN2C1.CC(=O)n1c(=O)ccc2cccc(O)c21. The Morgan fingerprint density at radius 1 is 1.29 bits per heavy atom. The van der Waals surface area contributed by atoms with Gasteiger partial charge in [0.2, 0.25) is 5.91 Å². The average Bonchev–Trinajstić information content (AvgIpc) is 3.06. The van der Waals surface area contributed by atoms with Gasteiger partial charge >= 0.3 is 0 Å². The summed E-state index contributed by atoms with van der Waals surface area (Å²) in [5.74, 6) is -0.479. The van der Waals surface area contributed by atoms with Crippen LogP contribution in [0.3, 0.4) is 0 Å². The van der Waals surface area contributed by atoms with Gasteiger partial charge in [-0.3, -0.25) is 14.5 Å². The number of hydrogen-bond acceptors (Lipinski definition) is 4. The van der Waals surface area contributed by atoms with Crippen LogP contribution in [-0.2, 0) is 0 Å². The number of hydrogen-bond donors (Lipinski definition) is 1. The molecule has 0 amide bonds. The predicted molar refractivity (Wildman–Crippen MR) is 80.8 cm³/mol. The Hall–Kier alpha value is -2.14. The van der Waals surface area contributed by atoms with Crippen molar-refractivity contribution in [3.63, 3.8) is 0 Å². The molecule has 4 rings (SSSR count). The Bertz CT molecular complexity index is 743. The van der Waals surface area contributed by atoms with E-state index in [0.717, 1.165) is 10.6 Å². The minimum Gasteiger partial charge on any atom is -0.506 e. The van der Waals surface area contributed by atoms with E-state index in [2.05, 4.69) is 4.90 Å². The first-order valence-corrected chi connectivity index (χ1v) is 7.16. The Morgan fingerprint density at radius 2 is 2.10 bits per heavy atom. The van der Waals surface area contributed by atoms with Crippen molar-refractivity contribution in [2.24, 2.45) is 0 Å². The van der Waals surface area contributed by atoms with E-state index >= 15 is 0 Å². The van der Waals surface area contributed by atoms with Gasteiger partial charge in [-0.15, -0.1) is 0 Å². The summed E-state index contributed by atoms with van der Waals surface area (Å²) in [6, 6.07) is 8.77. The molecule has 2 atom stereocenters. The van der Waals surface area contributed by atoms with Crippen molar-refractivity contribution in [3.05, 3.63) is 40.7 Å². The minimum absolute atomic E-state index is 0.0691. The lowest BCUT2D eigenvalue weighted by Crippen LogP contribution is -2.23. The third-order valence-corrected chi connectivity index (χ3v) is 4.02. The number of phenols is 1. The van der Waals surface area contributed by atoms with Crippen LogP contribution in [-0.4, -0.2) is 39.6 Å². The highest BCUT2D eigenvalue weighted by molar-refractivity contribution is 5.93. The number of phenolic OH excluding ortho intramolecular Hbond substituents is 1. The fraction of sp³-hybridized carbons (Fsp3) is 0.375. The second-order valence-electron chi connectivity index (χ2n) is 5.53. The number of piperidine rings is 1. The maximum atomic E-state index is 11.5. The highest BCUT2D eigenvalue weighted by Crippen LogP contribution is 2.28. The van der Waals surface area contributed by atoms with Crippen molar-refractivity contribution < 1.29 is 9.90 Å². The number of rotatable bonds is 0. The van der Waals surface area contributed by atoms with Crippen LogP contribution in [0.15, 0.2) is 35.1 Å². The quantitative estimate of drug-likeness (QED) is 0.751. The molecule has 2 aromatic rings. The van der Waals surface area contributed by atoms with Gasteiger partial charge in [0, 0.05) is 31.0 Å². The number of aromatic hydroxyl groups is 1. The minimum atomic E-state index is -0.434. The number of pyridine rings is 1. The van der Waals surface area contributed by atoms with E-state index in [1.54, 1.807) is 18.2 Å². The summed E-state index contributed by atoms with van der Waals surface area (Å²) < 4.78 is 0.963. The molecule has 2 unspecified atom stereocenters. The van der Waals surface area contributed by atoms with Crippen LogP contribution in [0.1, 0.15) is 24.6 Å². The molecule has 0 aliphatic carbocycles. The first kappa shape index (κ1) is 13.8. The number of nitrogens with zero attached hydrogens (tertiary/aromatic N) is 2. The van der Waals surface area contributed by atoms with Gasteiger partial charge in [0.15, 0.2) is 0 Å². The third kappa shape index (κ3) is 2.69. The highest BCUT2D eigenvalue weighted by Gasteiger charge is 2.37. The van der Waals surface area contributed by atoms with Crippen LogP contribution < -0.4 is 5.56 Å². The van der Waals surface area contributed by atoms with Crippen LogP contribution in [0.2, 0.25) is 0 Å². The van der Waals surface area contributed by atoms with E-state index < -0.39 is 11.5 Å². The normalized spacial score (nSPS) is 22.3. The molecule has 2 aliphatic rings. The molecule has 2 saturated heterocycles. The summed E-state index contributed by atoms with van der Waals surface area (Å²) in [4.78, 5) is 25.3. The van der Waals surface area contributed by atoms with Crippen molar-refractivity contribution in [2.45, 2.75) is 25.8 Å². The zero-order valence-corrected chi connectivity index (χ0v) is 12.0. The smallest absolute Gasteiger partial charge is 0.257 e. The van der Waals surface area contributed by atoms with E-state index in [0.29, 0.717) is 5.39 Å². The molecule has 0 spiro atoms. The maximum absolute atomic E-state index is 11.5. The Kier molecular flexibility index (Phi) is 3.51. The number of carbonyl (C=O) groups excluding carboxylic acids is 1. The number of para-hydroxylation sites is 1. The molecule has 5 nitrogen and oxygen atoms in total. The van der Waals surface area contributed by atoms with Gasteiger partial charge < -0.3 is 5.11 Å². The van der Waals surface area contributed by atoms with E-state index in [-0.39, 0.29) is 11.3 Å². The molecule has 0 radical (unpaired) electrons. The monoisotopic (exact) mass is 286 g/mol. The van der Waals surface area contributed by atoms with Crippen LogP contribution >= 0.6 is 0 Å². The van der Waals surface area contributed by atoms with Gasteiger partial charge in [-0.25, -0.2) is 4.57 Å². The topological polar surface area (TPSA) is 62.3 Å². The Labute approximate surface area is 122 Å². The lowest BCUT2D eigenvalue weighted by atomic mass is 10.2. The van der Waals surface area contributed by atoms with Gasteiger partial charge in [-0.2, -0.15) is 0 Å². The summed E-state index contributed by atoms with van der Waals surface area (Å²) in [6.07, 6.45) is 2.95. The van der Waals surface area contributed by atoms with E-state index in [4.69, 9.17) is 0 Å². The molecular formula is C16H18N2O3. The molecule has 0 saturated carbocycles. The van der Waals surface area contributed by atoms with Gasteiger partial charge in [-0.1, -0.05) is 12.1 Å². The highest BCUT2D eigenvalue weighted by atomic mass is 16.3. The van der Waals surface area contributed by atoms with Crippen LogP contribution in [0.4, 0.5) is 0 Å². The molecule has 3 heterocycles. The van der Waals surface area contributed by atoms with Gasteiger partial charge in [0.25, 0.3) is 5.56 Å². The molecule has 5 heteroatoms. The lowest BCUT2D eigenvalue weighted by molar-refractivity contribution is 0.0937. The standard InChI is InChI=1S/C11H9NO3.C5H9N/c1-7(13)12-10(15)6-5-8-3-2-4-9(14)11(8)12;1-2-5-4-6(5)3-1/h2-6,14H,1H3;5H,1-4H2. The van der Waals surface area contributed by atoms with Gasteiger partial charge in [0.05, 0.1) is 0 Å². The molecular weight excluding hydrogens is 268 g/mol. The molecule has 2 fully saturated rings. The summed E-state index contributed by atoms with van der Waals surface area (Å²) >= 11 is 0. The van der Waals surface area contributed by atoms with Crippen molar-refractivity contribution in [1.82, 2.24) is 9.47 Å². The zero-order valence-electron chi connectivity index (χ0n) is 12.0. The molecule has 1 aromatic heterocycles.